The average Bonchev–Trinajstić information content (AvgIpc) is 2.66. The van der Waals surface area contributed by atoms with E-state index in [2.05, 4.69) is 71.6 Å². The van der Waals surface area contributed by atoms with E-state index >= 15 is 0 Å². The number of likely N-dealkylation sites (N-methyl/N-ethyl adjacent to an activating group) is 2. The number of benzene rings is 2. The summed E-state index contributed by atoms with van der Waals surface area (Å²) in [7, 11) is 4.20. The number of fused-ring (bicyclic) bond motifs is 2. The monoisotopic (exact) mass is 363 g/mol. The van der Waals surface area contributed by atoms with E-state index in [4.69, 9.17) is 0 Å². The van der Waals surface area contributed by atoms with Crippen LogP contribution in [-0.4, -0.2) is 48.4 Å². The average molecular weight is 364 g/mol. The van der Waals surface area contributed by atoms with Gasteiger partial charge in [-0.05, 0) is 56.1 Å². The quantitative estimate of drug-likeness (QED) is 0.910. The van der Waals surface area contributed by atoms with Crippen molar-refractivity contribution in [3.8, 4) is 0 Å². The van der Waals surface area contributed by atoms with E-state index in [0.717, 1.165) is 25.9 Å². The summed E-state index contributed by atoms with van der Waals surface area (Å²) in [6, 6.07) is 15.4. The molecule has 4 heteroatoms. The fraction of sp³-hybridized carbons (Fsp3) is 0.435. The van der Waals surface area contributed by atoms with E-state index in [1.165, 1.54) is 27.8 Å². The summed E-state index contributed by atoms with van der Waals surface area (Å²) >= 11 is 0. The summed E-state index contributed by atoms with van der Waals surface area (Å²) in [4.78, 5) is 17.4. The third-order valence-electron chi connectivity index (χ3n) is 6.16. The topological polar surface area (TPSA) is 35.6 Å². The number of aryl methyl sites for hydroxylation is 1. The number of nitrogens with zero attached hydrogens (tertiary/aromatic N) is 2. The van der Waals surface area contributed by atoms with Gasteiger partial charge in [-0.2, -0.15) is 0 Å². The summed E-state index contributed by atoms with van der Waals surface area (Å²) in [6.07, 6.45) is 1.79. The first-order valence-corrected chi connectivity index (χ1v) is 9.84. The van der Waals surface area contributed by atoms with Gasteiger partial charge >= 0.3 is 0 Å². The van der Waals surface area contributed by atoms with Gasteiger partial charge in [-0.1, -0.05) is 48.0 Å². The van der Waals surface area contributed by atoms with Gasteiger partial charge in [-0.25, -0.2) is 0 Å². The van der Waals surface area contributed by atoms with Gasteiger partial charge in [-0.3, -0.25) is 14.6 Å². The molecule has 0 bridgehead atoms. The van der Waals surface area contributed by atoms with Crippen LogP contribution in [0.4, 0.5) is 0 Å². The lowest BCUT2D eigenvalue weighted by Crippen LogP contribution is -2.52. The molecular formula is C23H29N3O. The fourth-order valence-corrected chi connectivity index (χ4v) is 4.42. The Balaban J connectivity index is 1.39. The first kappa shape index (κ1) is 18.2. The van der Waals surface area contributed by atoms with Crippen LogP contribution in [0.5, 0.6) is 0 Å². The van der Waals surface area contributed by atoms with Crippen molar-refractivity contribution in [3.05, 3.63) is 70.3 Å². The van der Waals surface area contributed by atoms with Crippen molar-refractivity contribution in [2.75, 3.05) is 20.6 Å². The van der Waals surface area contributed by atoms with Crippen molar-refractivity contribution in [1.29, 1.82) is 0 Å². The lowest BCUT2D eigenvalue weighted by atomic mass is 9.92. The van der Waals surface area contributed by atoms with Gasteiger partial charge in [0.15, 0.2) is 0 Å². The molecule has 0 saturated carbocycles. The Hall–Kier alpha value is -2.17. The molecule has 2 aliphatic rings. The molecule has 1 amide bonds. The summed E-state index contributed by atoms with van der Waals surface area (Å²) in [5.41, 5.74) is 6.78. The Bertz CT molecular complexity index is 847. The van der Waals surface area contributed by atoms with Crippen LogP contribution in [0.3, 0.4) is 0 Å². The van der Waals surface area contributed by atoms with Crippen molar-refractivity contribution in [2.24, 2.45) is 0 Å². The molecular weight excluding hydrogens is 334 g/mol. The molecule has 4 rings (SSSR count). The highest BCUT2D eigenvalue weighted by atomic mass is 16.2. The molecule has 0 saturated heterocycles. The summed E-state index contributed by atoms with van der Waals surface area (Å²) in [5.74, 6) is 0.149. The maximum atomic E-state index is 12.9. The van der Waals surface area contributed by atoms with Gasteiger partial charge in [0, 0.05) is 25.7 Å². The molecule has 0 aromatic heterocycles. The van der Waals surface area contributed by atoms with E-state index in [0.29, 0.717) is 12.6 Å². The number of nitrogens with one attached hydrogen (secondary N) is 1. The van der Waals surface area contributed by atoms with E-state index in [1.807, 2.05) is 7.05 Å². The fourth-order valence-electron chi connectivity index (χ4n) is 4.42. The first-order chi connectivity index (χ1) is 13.0. The van der Waals surface area contributed by atoms with E-state index in [9.17, 15) is 4.79 Å². The molecule has 0 aliphatic carbocycles. The van der Waals surface area contributed by atoms with Crippen molar-refractivity contribution in [2.45, 2.75) is 44.9 Å². The SMILES string of the molecule is Cc1ccc2c(c1)C[C@@H](CNC(=O)[C@@H]1Cc3ccccc3CN1C)N(C)C2. The molecule has 4 nitrogen and oxygen atoms in total. The molecule has 0 unspecified atom stereocenters. The van der Waals surface area contributed by atoms with Crippen LogP contribution >= 0.6 is 0 Å². The van der Waals surface area contributed by atoms with Crippen LogP contribution in [0.2, 0.25) is 0 Å². The zero-order chi connectivity index (χ0) is 19.0. The van der Waals surface area contributed by atoms with Crippen LogP contribution in [0.25, 0.3) is 0 Å². The van der Waals surface area contributed by atoms with Crippen LogP contribution in [-0.2, 0) is 30.7 Å². The number of hydrogen-bond acceptors (Lipinski definition) is 3. The van der Waals surface area contributed by atoms with Crippen LogP contribution in [0.15, 0.2) is 42.5 Å². The minimum Gasteiger partial charge on any atom is -0.353 e. The van der Waals surface area contributed by atoms with E-state index in [-0.39, 0.29) is 11.9 Å². The Morgan fingerprint density at radius 1 is 0.963 bits per heavy atom. The molecule has 27 heavy (non-hydrogen) atoms. The molecule has 2 aromatic carbocycles. The highest BCUT2D eigenvalue weighted by molar-refractivity contribution is 5.82. The molecule has 0 spiro atoms. The minimum atomic E-state index is -0.0803. The second kappa shape index (κ2) is 7.45. The van der Waals surface area contributed by atoms with Crippen LogP contribution < -0.4 is 5.32 Å². The van der Waals surface area contributed by atoms with Gasteiger partial charge in [-0.15, -0.1) is 0 Å². The first-order valence-electron chi connectivity index (χ1n) is 9.84. The molecule has 2 aromatic rings. The number of carbonyl (C=O) groups excluding carboxylic acids is 1. The number of hydrogen-bond donors (Lipinski definition) is 1. The molecule has 2 atom stereocenters. The lowest BCUT2D eigenvalue weighted by molar-refractivity contribution is -0.126. The molecule has 2 heterocycles. The molecule has 0 radical (unpaired) electrons. The zero-order valence-corrected chi connectivity index (χ0v) is 16.5. The molecule has 0 fully saturated rings. The highest BCUT2D eigenvalue weighted by Crippen LogP contribution is 2.24. The minimum absolute atomic E-state index is 0.0803. The predicted octanol–water partition coefficient (Wildman–Crippen LogP) is 2.52. The third-order valence-corrected chi connectivity index (χ3v) is 6.16. The number of carbonyl (C=O) groups is 1. The van der Waals surface area contributed by atoms with Gasteiger partial charge < -0.3 is 5.32 Å². The van der Waals surface area contributed by atoms with Crippen molar-refractivity contribution >= 4 is 5.91 Å². The van der Waals surface area contributed by atoms with E-state index < -0.39 is 0 Å². The maximum Gasteiger partial charge on any atom is 0.237 e. The molecule has 2 aliphatic heterocycles. The van der Waals surface area contributed by atoms with E-state index in [1.54, 1.807) is 0 Å². The normalized spacial score (nSPS) is 22.8. The summed E-state index contributed by atoms with van der Waals surface area (Å²) in [5, 5.41) is 3.24. The van der Waals surface area contributed by atoms with Gasteiger partial charge in [0.1, 0.15) is 0 Å². The Morgan fingerprint density at radius 2 is 1.67 bits per heavy atom. The molecule has 142 valence electrons. The van der Waals surface area contributed by atoms with Crippen molar-refractivity contribution in [3.63, 3.8) is 0 Å². The Kier molecular flexibility index (Phi) is 5.02. The van der Waals surface area contributed by atoms with Crippen molar-refractivity contribution in [1.82, 2.24) is 15.1 Å². The molecule has 1 N–H and O–H groups in total. The smallest absolute Gasteiger partial charge is 0.237 e. The predicted molar refractivity (Wildman–Crippen MR) is 109 cm³/mol. The Labute approximate surface area is 162 Å². The van der Waals surface area contributed by atoms with Gasteiger partial charge in [0.05, 0.1) is 6.04 Å². The second-order valence-electron chi connectivity index (χ2n) is 8.19. The number of amides is 1. The van der Waals surface area contributed by atoms with Crippen molar-refractivity contribution < 1.29 is 4.79 Å². The Morgan fingerprint density at radius 3 is 2.48 bits per heavy atom. The zero-order valence-electron chi connectivity index (χ0n) is 16.5. The van der Waals surface area contributed by atoms with Crippen LogP contribution in [0.1, 0.15) is 27.8 Å². The number of rotatable bonds is 3. The maximum absolute atomic E-state index is 12.9. The standard InChI is InChI=1S/C23H29N3O/c1-16-8-9-19-14-25(2)21(11-20(19)10-16)13-24-23(27)22-12-17-6-4-5-7-18(17)15-26(22)3/h4-10,21-22H,11-15H2,1-3H3,(H,24,27)/t21-,22-/m0/s1. The highest BCUT2D eigenvalue weighted by Gasteiger charge is 2.30. The lowest BCUT2D eigenvalue weighted by Gasteiger charge is -2.36. The van der Waals surface area contributed by atoms with Gasteiger partial charge in [0.2, 0.25) is 5.91 Å². The summed E-state index contributed by atoms with van der Waals surface area (Å²) < 4.78 is 0. The second-order valence-corrected chi connectivity index (χ2v) is 8.19. The van der Waals surface area contributed by atoms with Gasteiger partial charge in [0.25, 0.3) is 0 Å². The summed E-state index contributed by atoms with van der Waals surface area (Å²) in [6.45, 7) is 4.64. The third kappa shape index (κ3) is 3.78. The largest absolute Gasteiger partial charge is 0.353 e. The van der Waals surface area contributed by atoms with Crippen LogP contribution in [0, 0.1) is 6.92 Å².